The molecule has 7 heteroatoms. The quantitative estimate of drug-likeness (QED) is 0.674. The van der Waals surface area contributed by atoms with Crippen LogP contribution < -0.4 is 5.73 Å². The molecule has 0 bridgehead atoms. The minimum absolute atomic E-state index is 0.148. The van der Waals surface area contributed by atoms with Crippen molar-refractivity contribution in [1.29, 1.82) is 0 Å². The number of carbonyl (C=O) groups is 1. The summed E-state index contributed by atoms with van der Waals surface area (Å²) in [5.41, 5.74) is 6.09. The molecule has 0 saturated carbocycles. The first kappa shape index (κ1) is 17.6. The van der Waals surface area contributed by atoms with Gasteiger partial charge in [-0.3, -0.25) is 0 Å². The molecule has 0 unspecified atom stereocenters. The summed E-state index contributed by atoms with van der Waals surface area (Å²) in [6.45, 7) is 5.43. The minimum Gasteiger partial charge on any atom is -0.444 e. The Kier molecular flexibility index (Phi) is 5.83. The molecule has 21 heavy (non-hydrogen) atoms. The number of anilines is 1. The van der Waals surface area contributed by atoms with Crippen molar-refractivity contribution in [2.75, 3.05) is 12.8 Å². The van der Waals surface area contributed by atoms with Crippen LogP contribution in [0.3, 0.4) is 0 Å². The molecule has 0 atom stereocenters. The Morgan fingerprint density at radius 2 is 2.05 bits per heavy atom. The lowest BCUT2D eigenvalue weighted by Crippen LogP contribution is -2.33. The fourth-order valence-electron chi connectivity index (χ4n) is 1.59. The Bertz CT molecular complexity index is 504. The van der Waals surface area contributed by atoms with E-state index >= 15 is 0 Å². The first-order chi connectivity index (χ1) is 9.58. The molecular weight excluding hydrogens is 298 g/mol. The normalized spacial score (nSPS) is 11.6. The third-order valence-corrected chi connectivity index (χ3v) is 3.24. The maximum Gasteiger partial charge on any atom is 0.410 e. The zero-order chi connectivity index (χ0) is 16.2. The van der Waals surface area contributed by atoms with Gasteiger partial charge in [-0.2, -0.15) is 8.78 Å². The highest BCUT2D eigenvalue weighted by molar-refractivity contribution is 7.99. The highest BCUT2D eigenvalue weighted by Gasteiger charge is 2.21. The van der Waals surface area contributed by atoms with Gasteiger partial charge in [0, 0.05) is 24.2 Å². The van der Waals surface area contributed by atoms with E-state index in [1.54, 1.807) is 40.0 Å². The Labute approximate surface area is 127 Å². The SMILES string of the molecule is CN(Cc1cc(N)ccc1SC(F)F)C(=O)OC(C)(C)C. The van der Waals surface area contributed by atoms with Crippen molar-refractivity contribution in [2.45, 2.75) is 43.6 Å². The van der Waals surface area contributed by atoms with Crippen LogP contribution >= 0.6 is 11.8 Å². The average Bonchev–Trinajstić information content (AvgIpc) is 2.30. The van der Waals surface area contributed by atoms with E-state index in [1.165, 1.54) is 11.0 Å². The molecule has 0 aromatic heterocycles. The van der Waals surface area contributed by atoms with Crippen LogP contribution in [0.15, 0.2) is 23.1 Å². The molecule has 0 radical (unpaired) electrons. The molecule has 0 aliphatic carbocycles. The second kappa shape index (κ2) is 6.98. The van der Waals surface area contributed by atoms with Gasteiger partial charge in [0.15, 0.2) is 0 Å². The zero-order valence-electron chi connectivity index (χ0n) is 12.5. The van der Waals surface area contributed by atoms with E-state index in [0.29, 0.717) is 27.9 Å². The molecule has 1 aromatic rings. The monoisotopic (exact) mass is 318 g/mol. The molecule has 118 valence electrons. The number of ether oxygens (including phenoxy) is 1. The largest absolute Gasteiger partial charge is 0.444 e. The second-order valence-electron chi connectivity index (χ2n) is 5.58. The van der Waals surface area contributed by atoms with Gasteiger partial charge in [-0.05, 0) is 44.5 Å². The topological polar surface area (TPSA) is 55.6 Å². The van der Waals surface area contributed by atoms with E-state index in [9.17, 15) is 13.6 Å². The summed E-state index contributed by atoms with van der Waals surface area (Å²) >= 11 is 0.433. The van der Waals surface area contributed by atoms with Gasteiger partial charge in [0.05, 0.1) is 0 Å². The van der Waals surface area contributed by atoms with Crippen LogP contribution in [0, 0.1) is 0 Å². The molecule has 0 heterocycles. The Balaban J connectivity index is 2.85. The van der Waals surface area contributed by atoms with Crippen molar-refractivity contribution in [1.82, 2.24) is 4.90 Å². The summed E-state index contributed by atoms with van der Waals surface area (Å²) in [6, 6.07) is 4.68. The number of nitrogens with two attached hydrogens (primary N) is 1. The molecular formula is C14H20F2N2O2S. The molecule has 4 nitrogen and oxygen atoms in total. The number of rotatable bonds is 4. The van der Waals surface area contributed by atoms with Gasteiger partial charge in [-0.1, -0.05) is 11.8 Å². The lowest BCUT2D eigenvalue weighted by molar-refractivity contribution is 0.0284. The maximum atomic E-state index is 12.5. The molecule has 0 saturated heterocycles. The van der Waals surface area contributed by atoms with E-state index in [0.717, 1.165) is 0 Å². The van der Waals surface area contributed by atoms with Crippen molar-refractivity contribution in [3.05, 3.63) is 23.8 Å². The van der Waals surface area contributed by atoms with Gasteiger partial charge in [-0.25, -0.2) is 4.79 Å². The zero-order valence-corrected chi connectivity index (χ0v) is 13.3. The van der Waals surface area contributed by atoms with Crippen LogP contribution in [0.1, 0.15) is 26.3 Å². The van der Waals surface area contributed by atoms with Crippen molar-refractivity contribution in [2.24, 2.45) is 0 Å². The number of nitrogens with zero attached hydrogens (tertiary/aromatic N) is 1. The van der Waals surface area contributed by atoms with Gasteiger partial charge in [-0.15, -0.1) is 0 Å². The van der Waals surface area contributed by atoms with Gasteiger partial charge in [0.1, 0.15) is 5.60 Å². The van der Waals surface area contributed by atoms with Crippen LogP contribution in [0.4, 0.5) is 19.3 Å². The minimum atomic E-state index is -2.53. The van der Waals surface area contributed by atoms with Crippen molar-refractivity contribution >= 4 is 23.5 Å². The highest BCUT2D eigenvalue weighted by atomic mass is 32.2. The third kappa shape index (κ3) is 6.20. The van der Waals surface area contributed by atoms with Crippen molar-refractivity contribution in [3.63, 3.8) is 0 Å². The number of benzene rings is 1. The van der Waals surface area contributed by atoms with E-state index in [-0.39, 0.29) is 6.54 Å². The number of nitrogen functional groups attached to an aromatic ring is 1. The first-order valence-corrected chi connectivity index (χ1v) is 7.24. The molecule has 0 spiro atoms. The summed E-state index contributed by atoms with van der Waals surface area (Å²) in [4.78, 5) is 13.6. The lowest BCUT2D eigenvalue weighted by atomic mass is 10.2. The number of halogens is 2. The van der Waals surface area contributed by atoms with Crippen LogP contribution in [0.25, 0.3) is 0 Å². The number of alkyl halides is 2. The van der Waals surface area contributed by atoms with E-state index in [2.05, 4.69) is 0 Å². The molecule has 0 fully saturated rings. The fraction of sp³-hybridized carbons (Fsp3) is 0.500. The number of thioether (sulfide) groups is 1. The summed E-state index contributed by atoms with van der Waals surface area (Å²) in [6.07, 6.45) is -0.516. The van der Waals surface area contributed by atoms with E-state index in [1.807, 2.05) is 0 Å². The summed E-state index contributed by atoms with van der Waals surface area (Å²) < 4.78 is 30.3. The van der Waals surface area contributed by atoms with Crippen LogP contribution in [0.5, 0.6) is 0 Å². The fourth-order valence-corrected chi connectivity index (χ4v) is 2.21. The number of amides is 1. The maximum absolute atomic E-state index is 12.5. The molecule has 2 N–H and O–H groups in total. The first-order valence-electron chi connectivity index (χ1n) is 6.36. The molecule has 1 aromatic carbocycles. The third-order valence-electron chi connectivity index (χ3n) is 2.41. The van der Waals surface area contributed by atoms with Crippen LogP contribution in [0.2, 0.25) is 0 Å². The Morgan fingerprint density at radius 3 is 2.57 bits per heavy atom. The smallest absolute Gasteiger partial charge is 0.410 e. The summed E-state index contributed by atoms with van der Waals surface area (Å²) in [5.74, 6) is -2.53. The standard InChI is InChI=1S/C14H20F2N2O2S/c1-14(2,3)20-13(19)18(4)8-9-7-10(17)5-6-11(9)21-12(15)16/h5-7,12H,8,17H2,1-4H3. The predicted molar refractivity (Wildman–Crippen MR) is 80.4 cm³/mol. The molecule has 1 amide bonds. The number of hydrogen-bond acceptors (Lipinski definition) is 4. The second-order valence-corrected chi connectivity index (χ2v) is 6.61. The summed E-state index contributed by atoms with van der Waals surface area (Å²) in [5, 5.41) is 0. The van der Waals surface area contributed by atoms with Gasteiger partial charge < -0.3 is 15.4 Å². The van der Waals surface area contributed by atoms with Crippen molar-refractivity contribution < 1.29 is 18.3 Å². The Hall–Kier alpha value is -1.50. The van der Waals surface area contributed by atoms with Crippen molar-refractivity contribution in [3.8, 4) is 0 Å². The average molecular weight is 318 g/mol. The lowest BCUT2D eigenvalue weighted by Gasteiger charge is -2.25. The summed E-state index contributed by atoms with van der Waals surface area (Å²) in [7, 11) is 1.55. The predicted octanol–water partition coefficient (Wildman–Crippen LogP) is 3.95. The molecule has 1 rings (SSSR count). The highest BCUT2D eigenvalue weighted by Crippen LogP contribution is 2.30. The Morgan fingerprint density at radius 1 is 1.43 bits per heavy atom. The number of hydrogen-bond donors (Lipinski definition) is 1. The van der Waals surface area contributed by atoms with E-state index < -0.39 is 17.5 Å². The van der Waals surface area contributed by atoms with Gasteiger partial charge >= 0.3 is 6.09 Å². The van der Waals surface area contributed by atoms with E-state index in [4.69, 9.17) is 10.5 Å². The van der Waals surface area contributed by atoms with Crippen LogP contribution in [-0.4, -0.2) is 29.4 Å². The van der Waals surface area contributed by atoms with Gasteiger partial charge in [0.2, 0.25) is 0 Å². The number of carbonyl (C=O) groups excluding carboxylic acids is 1. The molecule has 0 aliphatic rings. The molecule has 0 aliphatic heterocycles. The van der Waals surface area contributed by atoms with Gasteiger partial charge in [0.25, 0.3) is 5.76 Å². The van der Waals surface area contributed by atoms with Crippen LogP contribution in [-0.2, 0) is 11.3 Å².